The van der Waals surface area contributed by atoms with Gasteiger partial charge in [-0.2, -0.15) is 0 Å². The molecule has 0 amide bonds. The molecular weight excluding hydrogens is 330 g/mol. The first-order chi connectivity index (χ1) is 12.7. The van der Waals surface area contributed by atoms with Crippen molar-refractivity contribution in [3.8, 4) is 5.75 Å². The smallest absolute Gasteiger partial charge is 0.328 e. The third kappa shape index (κ3) is 4.91. The summed E-state index contributed by atoms with van der Waals surface area (Å²) < 4.78 is 11.4. The first kappa shape index (κ1) is 19.0. The van der Waals surface area contributed by atoms with Gasteiger partial charge in [0.15, 0.2) is 0 Å². The van der Waals surface area contributed by atoms with E-state index in [9.17, 15) is 9.90 Å². The van der Waals surface area contributed by atoms with E-state index in [1.807, 2.05) is 24.3 Å². The van der Waals surface area contributed by atoms with Gasteiger partial charge in [0.05, 0.1) is 18.8 Å². The second-order valence-corrected chi connectivity index (χ2v) is 7.43. The zero-order valence-corrected chi connectivity index (χ0v) is 15.7. The molecule has 1 aromatic rings. The lowest BCUT2D eigenvalue weighted by Gasteiger charge is -2.38. The van der Waals surface area contributed by atoms with E-state index in [0.29, 0.717) is 32.1 Å². The van der Waals surface area contributed by atoms with Crippen molar-refractivity contribution in [2.24, 2.45) is 0 Å². The van der Waals surface area contributed by atoms with Gasteiger partial charge in [0.1, 0.15) is 11.8 Å². The minimum Gasteiger partial charge on any atom is -0.490 e. The Morgan fingerprint density at radius 3 is 2.62 bits per heavy atom. The molecule has 0 aromatic heterocycles. The van der Waals surface area contributed by atoms with Crippen LogP contribution in [0.1, 0.15) is 58.3 Å². The number of nitrogens with zero attached hydrogens (tertiary/aromatic N) is 1. The summed E-state index contributed by atoms with van der Waals surface area (Å²) >= 11 is 0. The number of aliphatic hydroxyl groups excluding tert-OH is 1. The molecule has 0 radical (unpaired) electrons. The molecule has 2 aliphatic rings. The molecule has 0 spiro atoms. The molecule has 1 aliphatic carbocycles. The van der Waals surface area contributed by atoms with Crippen molar-refractivity contribution >= 4 is 11.7 Å². The van der Waals surface area contributed by atoms with Gasteiger partial charge in [0.2, 0.25) is 0 Å². The summed E-state index contributed by atoms with van der Waals surface area (Å²) in [5.74, 6) is 0.656. The number of hydrogen-bond donors (Lipinski definition) is 1. The van der Waals surface area contributed by atoms with Gasteiger partial charge < -0.3 is 19.5 Å². The van der Waals surface area contributed by atoms with Crippen molar-refractivity contribution in [2.45, 2.75) is 76.5 Å². The highest BCUT2D eigenvalue weighted by atomic mass is 16.5. The van der Waals surface area contributed by atoms with Gasteiger partial charge in [-0.05, 0) is 62.8 Å². The zero-order valence-electron chi connectivity index (χ0n) is 15.7. The van der Waals surface area contributed by atoms with Crippen molar-refractivity contribution in [1.29, 1.82) is 0 Å². The van der Waals surface area contributed by atoms with Gasteiger partial charge in [-0.1, -0.05) is 13.3 Å². The summed E-state index contributed by atoms with van der Waals surface area (Å²) in [6.07, 6.45) is 7.62. The van der Waals surface area contributed by atoms with Gasteiger partial charge in [-0.3, -0.25) is 0 Å². The van der Waals surface area contributed by atoms with Crippen LogP contribution in [0.15, 0.2) is 24.3 Å². The van der Waals surface area contributed by atoms with Crippen molar-refractivity contribution in [1.82, 2.24) is 0 Å². The Morgan fingerprint density at radius 2 is 1.92 bits per heavy atom. The summed E-state index contributed by atoms with van der Waals surface area (Å²) in [6.45, 7) is 3.17. The minimum absolute atomic E-state index is 0.233. The van der Waals surface area contributed by atoms with Crippen LogP contribution >= 0.6 is 0 Å². The lowest BCUT2D eigenvalue weighted by Crippen LogP contribution is -2.49. The summed E-state index contributed by atoms with van der Waals surface area (Å²) in [5.41, 5.74) is 0.980. The number of unbranched alkanes of at least 4 members (excludes halogenated alkanes) is 1. The topological polar surface area (TPSA) is 59.0 Å². The Hall–Kier alpha value is -1.75. The number of rotatable bonds is 7. The van der Waals surface area contributed by atoms with E-state index < -0.39 is 12.1 Å². The molecule has 0 bridgehead atoms. The quantitative estimate of drug-likeness (QED) is 0.593. The standard InChI is InChI=1S/C21H31NO4/c1-2-3-14-25-21(24)20-15-17(23)12-13-22(20)16-8-10-19(11-9-16)26-18-6-4-5-7-18/h8-11,17-18,20,23H,2-7,12-15H2,1H3. The van der Waals surface area contributed by atoms with Crippen LogP contribution in [0.25, 0.3) is 0 Å². The normalized spacial score (nSPS) is 23.8. The van der Waals surface area contributed by atoms with Crippen LogP contribution in [0.5, 0.6) is 5.75 Å². The SMILES string of the molecule is CCCCOC(=O)C1CC(O)CCN1c1ccc(OC2CCCC2)cc1. The van der Waals surface area contributed by atoms with E-state index >= 15 is 0 Å². The fourth-order valence-electron chi connectivity index (χ4n) is 3.81. The summed E-state index contributed by atoms with van der Waals surface area (Å²) in [7, 11) is 0. The Bertz CT molecular complexity index is 568. The summed E-state index contributed by atoms with van der Waals surface area (Å²) in [4.78, 5) is 14.6. The predicted molar refractivity (Wildman–Crippen MR) is 102 cm³/mol. The van der Waals surface area contributed by atoms with Crippen molar-refractivity contribution in [2.75, 3.05) is 18.1 Å². The monoisotopic (exact) mass is 361 g/mol. The van der Waals surface area contributed by atoms with Crippen LogP contribution in [-0.2, 0) is 9.53 Å². The third-order valence-corrected chi connectivity index (χ3v) is 5.36. The van der Waals surface area contributed by atoms with Crippen LogP contribution in [0, 0.1) is 0 Å². The number of carbonyl (C=O) groups excluding carboxylic acids is 1. The number of benzene rings is 1. The van der Waals surface area contributed by atoms with E-state index in [0.717, 1.165) is 37.1 Å². The fourth-order valence-corrected chi connectivity index (χ4v) is 3.81. The summed E-state index contributed by atoms with van der Waals surface area (Å²) in [6, 6.07) is 7.57. The maximum Gasteiger partial charge on any atom is 0.328 e. The Morgan fingerprint density at radius 1 is 1.19 bits per heavy atom. The fraction of sp³-hybridized carbons (Fsp3) is 0.667. The molecule has 144 valence electrons. The first-order valence-corrected chi connectivity index (χ1v) is 10.1. The molecule has 2 fully saturated rings. The van der Waals surface area contributed by atoms with E-state index in [1.54, 1.807) is 0 Å². The van der Waals surface area contributed by atoms with Crippen LogP contribution in [0.2, 0.25) is 0 Å². The van der Waals surface area contributed by atoms with Gasteiger partial charge >= 0.3 is 5.97 Å². The highest BCUT2D eigenvalue weighted by Gasteiger charge is 2.34. The first-order valence-electron chi connectivity index (χ1n) is 10.1. The Labute approximate surface area is 156 Å². The largest absolute Gasteiger partial charge is 0.490 e. The average molecular weight is 361 g/mol. The molecule has 1 saturated heterocycles. The molecule has 3 rings (SSSR count). The van der Waals surface area contributed by atoms with E-state index in [-0.39, 0.29) is 5.97 Å². The molecule has 26 heavy (non-hydrogen) atoms. The zero-order chi connectivity index (χ0) is 18.4. The van der Waals surface area contributed by atoms with Crippen molar-refractivity contribution in [3.63, 3.8) is 0 Å². The third-order valence-electron chi connectivity index (χ3n) is 5.36. The molecule has 2 unspecified atom stereocenters. The highest BCUT2D eigenvalue weighted by molar-refractivity contribution is 5.80. The van der Waals surface area contributed by atoms with Crippen molar-refractivity contribution in [3.05, 3.63) is 24.3 Å². The molecular formula is C21H31NO4. The second kappa shape index (κ2) is 9.26. The number of aliphatic hydroxyl groups is 1. The van der Waals surface area contributed by atoms with Crippen LogP contribution in [0.3, 0.4) is 0 Å². The molecule has 1 saturated carbocycles. The van der Waals surface area contributed by atoms with Crippen LogP contribution in [-0.4, -0.2) is 42.5 Å². The van der Waals surface area contributed by atoms with E-state index in [2.05, 4.69) is 11.8 Å². The maximum absolute atomic E-state index is 12.5. The van der Waals surface area contributed by atoms with Crippen LogP contribution < -0.4 is 9.64 Å². The predicted octanol–water partition coefficient (Wildman–Crippen LogP) is 3.68. The summed E-state index contributed by atoms with van der Waals surface area (Å²) in [5, 5.41) is 10.0. The molecule has 1 aliphatic heterocycles. The highest BCUT2D eigenvalue weighted by Crippen LogP contribution is 2.29. The van der Waals surface area contributed by atoms with Gasteiger partial charge in [0.25, 0.3) is 0 Å². The number of anilines is 1. The number of esters is 1. The average Bonchev–Trinajstić information content (AvgIpc) is 3.15. The van der Waals surface area contributed by atoms with Gasteiger partial charge in [-0.15, -0.1) is 0 Å². The lowest BCUT2D eigenvalue weighted by atomic mass is 9.98. The molecule has 1 aromatic carbocycles. The maximum atomic E-state index is 12.5. The van der Waals surface area contributed by atoms with Gasteiger partial charge in [0, 0.05) is 18.7 Å². The molecule has 5 heteroatoms. The number of ether oxygens (including phenoxy) is 2. The second-order valence-electron chi connectivity index (χ2n) is 7.43. The molecule has 2 atom stereocenters. The number of carbonyl (C=O) groups is 1. The number of hydrogen-bond acceptors (Lipinski definition) is 5. The lowest BCUT2D eigenvalue weighted by molar-refractivity contribution is -0.146. The van der Waals surface area contributed by atoms with E-state index in [1.165, 1.54) is 12.8 Å². The Balaban J connectivity index is 1.65. The molecule has 1 heterocycles. The Kier molecular flexibility index (Phi) is 6.78. The number of piperidine rings is 1. The molecule has 1 N–H and O–H groups in total. The molecule has 5 nitrogen and oxygen atoms in total. The van der Waals surface area contributed by atoms with Crippen molar-refractivity contribution < 1.29 is 19.4 Å². The minimum atomic E-state index is -0.444. The van der Waals surface area contributed by atoms with Gasteiger partial charge in [-0.25, -0.2) is 4.79 Å². The van der Waals surface area contributed by atoms with Crippen LogP contribution in [0.4, 0.5) is 5.69 Å². The van der Waals surface area contributed by atoms with E-state index in [4.69, 9.17) is 9.47 Å².